The summed E-state index contributed by atoms with van der Waals surface area (Å²) in [6, 6.07) is 212. The Kier molecular flexibility index (Phi) is 28.6. The maximum atomic E-state index is 3.83. The molecule has 0 aliphatic carbocycles. The molecular weight excluding hydrogens is 1900 g/mol. The van der Waals surface area contributed by atoms with Crippen LogP contribution in [0.1, 0.15) is 7.43 Å². The van der Waals surface area contributed by atoms with Crippen LogP contribution in [0.5, 0.6) is 0 Å². The van der Waals surface area contributed by atoms with Crippen LogP contribution >= 0.6 is 31.9 Å². The molecule has 700 valence electrons. The largest absolute Gasteiger partial charge is 0.356 e. The lowest BCUT2D eigenvalue weighted by atomic mass is 9.85. The third-order valence-corrected chi connectivity index (χ3v) is 27.3. The van der Waals surface area contributed by atoms with E-state index in [-0.39, 0.29) is 7.43 Å². The Bertz CT molecular complexity index is 7710. The molecule has 0 unspecified atom stereocenters. The Morgan fingerprint density at radius 2 is 0.260 bits per heavy atom. The Hall–Kier alpha value is -18.1. The SMILES string of the molecule is Brc1ccc2c(-c3ccc(N(c4ccccc4)c4ccccc4)cc3)c3cc(Br)ccc3c(-c3ccc(N(c4ccccc4)c4ccccc4)cc3)c2c1.C.c1ccc(N(c2ccccc2)c2ccc(-c3c4ccc(N(c5ccccc5)c5ccccc5)cc4c(-c4ccc(N(c5ccccc5)c5ccccc5)cc4)c4ccc(N(c5ccccc5)c5ccccc5)cc34)cc2)cc1.c1ccc(Nc2ccccc2)cc1. The van der Waals surface area contributed by atoms with Crippen molar-refractivity contribution in [2.45, 2.75) is 7.43 Å². The van der Waals surface area contributed by atoms with Gasteiger partial charge in [0, 0.05) is 123 Å². The van der Waals surface area contributed by atoms with Crippen molar-refractivity contribution in [2.75, 3.05) is 34.7 Å². The molecule has 24 aromatic carbocycles. The van der Waals surface area contributed by atoms with Gasteiger partial charge < -0.3 is 34.7 Å². The summed E-state index contributed by atoms with van der Waals surface area (Å²) in [6.07, 6.45) is 0. The smallest absolute Gasteiger partial charge is 0.0468 e. The van der Waals surface area contributed by atoms with Crippen LogP contribution in [0.2, 0.25) is 0 Å². The van der Waals surface area contributed by atoms with Crippen molar-refractivity contribution >= 4 is 189 Å². The van der Waals surface area contributed by atoms with E-state index in [1.54, 1.807) is 0 Å². The van der Waals surface area contributed by atoms with Crippen molar-refractivity contribution < 1.29 is 0 Å². The van der Waals surface area contributed by atoms with Gasteiger partial charge >= 0.3 is 0 Å². The quantitative estimate of drug-likeness (QED) is 0.0604. The first kappa shape index (κ1) is 94.1. The normalized spacial score (nSPS) is 10.9. The number of rotatable bonds is 24. The molecule has 0 aliphatic rings. The summed E-state index contributed by atoms with van der Waals surface area (Å²) in [4.78, 5) is 14.0. The molecule has 9 heteroatoms. The van der Waals surface area contributed by atoms with E-state index in [1.165, 1.54) is 43.8 Å². The lowest BCUT2D eigenvalue weighted by Crippen LogP contribution is -2.10. The standard InChI is InChI=1S/C74H54N4.C50H34Br2N2.C12H11N.CH4/c1-9-25-57(26-10-1)75(58-27-11-2-12-28-58)65-45-41-55(42-46-65)73-69-51-49-68(78(63-37-21-7-22-38-63)64-39-23-8-24-40-64)54-72(69)74(56-43-47-66(48-44-56)76(59-29-13-3-14-30-59)60-31-15-4-16-32-60)70-52-50-67(53-71(70)73)77(61-33-17-5-18-34-61)62-35-19-6-20-36-62;51-37-26-32-46-47(33-37)49(35-21-27-43(28-22-35)53(39-13-5-1-6-14-39)40-15-7-2-8-16-40)45-31-25-38(52)34-48(45)50(46)36-23-29-44(30-24-36)54(41-17-9-3-10-18-41)42-19-11-4-12-20-42;1-3-7-11(8-4-1)13-12-9-5-2-6-10-12;/h1-54H;1-34H;1-10,13H;1H4. The molecular formula is C137H103Br2N7. The van der Waals surface area contributed by atoms with E-state index in [0.29, 0.717) is 0 Å². The second-order valence-corrected chi connectivity index (χ2v) is 37.3. The highest BCUT2D eigenvalue weighted by molar-refractivity contribution is 9.10. The molecule has 24 rings (SSSR count). The van der Waals surface area contributed by atoms with Crippen LogP contribution in [-0.2, 0) is 0 Å². The third kappa shape index (κ3) is 20.4. The van der Waals surface area contributed by atoms with Gasteiger partial charge in [0.05, 0.1) is 0 Å². The molecule has 24 aromatic rings. The zero-order valence-corrected chi connectivity index (χ0v) is 82.7. The topological polar surface area (TPSA) is 31.5 Å². The summed E-state index contributed by atoms with van der Waals surface area (Å²) in [5.74, 6) is 0. The summed E-state index contributed by atoms with van der Waals surface area (Å²) in [5, 5.41) is 12.7. The number of halogens is 2. The highest BCUT2D eigenvalue weighted by Gasteiger charge is 2.27. The molecule has 1 N–H and O–H groups in total. The van der Waals surface area contributed by atoms with E-state index in [2.05, 4.69) is 600 Å². The van der Waals surface area contributed by atoms with Crippen molar-refractivity contribution in [1.82, 2.24) is 0 Å². The molecule has 7 nitrogen and oxygen atoms in total. The molecule has 0 bridgehead atoms. The number of para-hydroxylation sites is 14. The molecule has 0 radical (unpaired) electrons. The van der Waals surface area contributed by atoms with Crippen molar-refractivity contribution in [1.29, 1.82) is 0 Å². The number of anilines is 20. The fourth-order valence-electron chi connectivity index (χ4n) is 19.8. The van der Waals surface area contributed by atoms with Crippen LogP contribution in [0.15, 0.2) is 603 Å². The Morgan fingerprint density at radius 1 is 0.123 bits per heavy atom. The fourth-order valence-corrected chi connectivity index (χ4v) is 20.5. The second-order valence-electron chi connectivity index (χ2n) is 35.4. The summed E-state index contributed by atoms with van der Waals surface area (Å²) >= 11 is 7.66. The maximum absolute atomic E-state index is 3.83. The molecule has 0 aliphatic heterocycles. The minimum absolute atomic E-state index is 0. The van der Waals surface area contributed by atoms with Gasteiger partial charge in [0.25, 0.3) is 0 Å². The average molecular weight is 2010 g/mol. The lowest BCUT2D eigenvalue weighted by molar-refractivity contribution is 1.28. The Balaban J connectivity index is 0.000000159. The van der Waals surface area contributed by atoms with E-state index >= 15 is 0 Å². The van der Waals surface area contributed by atoms with Crippen molar-refractivity contribution in [3.05, 3.63) is 603 Å². The minimum atomic E-state index is 0. The molecule has 0 spiro atoms. The highest BCUT2D eigenvalue weighted by atomic mass is 79.9. The number of fused-ring (bicyclic) bond motifs is 4. The monoisotopic (exact) mass is 2000 g/mol. The number of nitrogens with zero attached hydrogens (tertiary/aromatic N) is 6. The number of hydrogen-bond acceptors (Lipinski definition) is 7. The van der Waals surface area contributed by atoms with Crippen LogP contribution < -0.4 is 34.7 Å². The van der Waals surface area contributed by atoms with Crippen LogP contribution in [0.3, 0.4) is 0 Å². The predicted molar refractivity (Wildman–Crippen MR) is 631 cm³/mol. The summed E-state index contributed by atoms with van der Waals surface area (Å²) in [6.45, 7) is 0. The fraction of sp³-hybridized carbons (Fsp3) is 0.00730. The molecule has 0 fully saturated rings. The van der Waals surface area contributed by atoms with E-state index in [4.69, 9.17) is 0 Å². The molecule has 0 aromatic heterocycles. The first-order valence-corrected chi connectivity index (χ1v) is 50.5. The molecule has 146 heavy (non-hydrogen) atoms. The van der Waals surface area contributed by atoms with Gasteiger partial charge in [0.1, 0.15) is 0 Å². The van der Waals surface area contributed by atoms with Crippen molar-refractivity contribution in [2.24, 2.45) is 0 Å². The average Bonchev–Trinajstić information content (AvgIpc) is 0.720. The first-order chi connectivity index (χ1) is 71.8. The van der Waals surface area contributed by atoms with Crippen molar-refractivity contribution in [3.8, 4) is 44.5 Å². The van der Waals surface area contributed by atoms with E-state index in [1.807, 2.05) is 60.7 Å². The summed E-state index contributed by atoms with van der Waals surface area (Å²) < 4.78 is 2.10. The minimum Gasteiger partial charge on any atom is -0.356 e. The number of hydrogen-bond donors (Lipinski definition) is 1. The number of benzene rings is 24. The van der Waals surface area contributed by atoms with Gasteiger partial charge in [-0.2, -0.15) is 0 Å². The van der Waals surface area contributed by atoms with Crippen LogP contribution in [-0.4, -0.2) is 0 Å². The van der Waals surface area contributed by atoms with Crippen LogP contribution in [0, 0.1) is 0 Å². The third-order valence-electron chi connectivity index (χ3n) is 26.3. The molecule has 0 heterocycles. The first-order valence-electron chi connectivity index (χ1n) is 48.9. The Labute approximate surface area is 871 Å². The van der Waals surface area contributed by atoms with Crippen LogP contribution in [0.25, 0.3) is 87.6 Å². The van der Waals surface area contributed by atoms with Crippen molar-refractivity contribution in [3.63, 3.8) is 0 Å². The van der Waals surface area contributed by atoms with E-state index < -0.39 is 0 Å². The van der Waals surface area contributed by atoms with E-state index in [9.17, 15) is 0 Å². The maximum Gasteiger partial charge on any atom is 0.0468 e. The van der Waals surface area contributed by atoms with Gasteiger partial charge in [0.15, 0.2) is 0 Å². The van der Waals surface area contributed by atoms with Gasteiger partial charge in [-0.3, -0.25) is 0 Å². The molecule has 0 amide bonds. The van der Waals surface area contributed by atoms with Gasteiger partial charge in [0.2, 0.25) is 0 Å². The van der Waals surface area contributed by atoms with Crippen LogP contribution in [0.4, 0.5) is 114 Å². The highest BCUT2D eigenvalue weighted by Crippen LogP contribution is 2.53. The van der Waals surface area contributed by atoms with Gasteiger partial charge in [-0.1, -0.05) is 367 Å². The summed E-state index contributed by atoms with van der Waals surface area (Å²) in [5.41, 5.74) is 31.2. The molecule has 0 saturated heterocycles. The number of nitrogens with one attached hydrogen (secondary N) is 1. The van der Waals surface area contributed by atoms with Gasteiger partial charge in [-0.25, -0.2) is 0 Å². The summed E-state index contributed by atoms with van der Waals surface area (Å²) in [7, 11) is 0. The van der Waals surface area contributed by atoms with Gasteiger partial charge in [-0.15, -0.1) is 0 Å². The van der Waals surface area contributed by atoms with Gasteiger partial charge in [-0.05, 0) is 355 Å². The predicted octanol–water partition coefficient (Wildman–Crippen LogP) is 41.1. The second kappa shape index (κ2) is 44.4. The Morgan fingerprint density at radius 3 is 0.438 bits per heavy atom. The zero-order chi connectivity index (χ0) is 97.4. The van der Waals surface area contributed by atoms with E-state index in [0.717, 1.165) is 166 Å². The molecule has 0 saturated carbocycles. The zero-order valence-electron chi connectivity index (χ0n) is 79.5. The lowest BCUT2D eigenvalue weighted by Gasteiger charge is -2.28. The molecule has 0 atom stereocenters.